The van der Waals surface area contributed by atoms with Crippen LogP contribution < -0.4 is 9.47 Å². The summed E-state index contributed by atoms with van der Waals surface area (Å²) in [6, 6.07) is 14.4. The lowest BCUT2D eigenvalue weighted by Gasteiger charge is -2.34. The van der Waals surface area contributed by atoms with E-state index in [1.165, 1.54) is 0 Å². The van der Waals surface area contributed by atoms with Gasteiger partial charge in [0.1, 0.15) is 30.0 Å². The topological polar surface area (TPSA) is 132 Å². The van der Waals surface area contributed by atoms with E-state index in [9.17, 15) is 13.2 Å². The molecule has 6 rings (SSSR count). The summed E-state index contributed by atoms with van der Waals surface area (Å²) in [6.45, 7) is 1.90. The summed E-state index contributed by atoms with van der Waals surface area (Å²) in [5, 5.41) is 0.922. The number of sulfone groups is 1. The van der Waals surface area contributed by atoms with Crippen molar-refractivity contribution in [3.8, 4) is 22.9 Å². The number of fused-ring (bicyclic) bond motifs is 2. The van der Waals surface area contributed by atoms with Crippen LogP contribution in [-0.2, 0) is 21.2 Å². The highest BCUT2D eigenvalue weighted by Gasteiger charge is 2.37. The Morgan fingerprint density at radius 1 is 1.07 bits per heavy atom. The Kier molecular flexibility index (Phi) is 6.41. The summed E-state index contributed by atoms with van der Waals surface area (Å²) in [5.41, 5.74) is 3.60. The largest absolute Gasteiger partial charge is 0.497 e. The number of aromatic amines is 1. The molecular formula is C28H28N6O5S. The molecule has 12 heteroatoms. The van der Waals surface area contributed by atoms with Crippen molar-refractivity contribution in [1.82, 2.24) is 29.4 Å². The molecule has 4 heterocycles. The number of nitrogens with zero attached hydrogens (tertiary/aromatic N) is 5. The lowest BCUT2D eigenvalue weighted by atomic mass is 10.1. The van der Waals surface area contributed by atoms with Gasteiger partial charge in [-0.05, 0) is 31.2 Å². The molecule has 2 aromatic carbocycles. The summed E-state index contributed by atoms with van der Waals surface area (Å²) < 4.78 is 38.1. The Morgan fingerprint density at radius 2 is 1.90 bits per heavy atom. The molecule has 0 spiro atoms. The molecule has 11 nitrogen and oxygen atoms in total. The summed E-state index contributed by atoms with van der Waals surface area (Å²) >= 11 is 0. The Bertz CT molecular complexity index is 1860. The summed E-state index contributed by atoms with van der Waals surface area (Å²) in [4.78, 5) is 32.2. The van der Waals surface area contributed by atoms with E-state index >= 15 is 0 Å². The Hall–Kier alpha value is -4.45. The first kappa shape index (κ1) is 25.8. The number of amides is 1. The number of ether oxygens (including phenoxy) is 2. The zero-order valence-corrected chi connectivity index (χ0v) is 23.1. The minimum atomic E-state index is -3.38. The first-order chi connectivity index (χ1) is 19.3. The van der Waals surface area contributed by atoms with Crippen molar-refractivity contribution in [2.24, 2.45) is 0 Å². The number of aryl methyl sites for hydroxylation is 1. The average molecular weight is 561 g/mol. The van der Waals surface area contributed by atoms with Crippen molar-refractivity contribution in [2.75, 3.05) is 32.3 Å². The molecule has 0 aliphatic carbocycles. The van der Waals surface area contributed by atoms with Crippen LogP contribution in [0.4, 0.5) is 0 Å². The molecule has 1 fully saturated rings. The molecule has 1 saturated heterocycles. The molecule has 1 aliphatic heterocycles. The normalized spacial score (nSPS) is 16.9. The minimum absolute atomic E-state index is 0.00202. The second-order valence-electron chi connectivity index (χ2n) is 9.74. The summed E-state index contributed by atoms with van der Waals surface area (Å²) in [5.74, 6) is 1.57. The van der Waals surface area contributed by atoms with Gasteiger partial charge in [-0.1, -0.05) is 18.2 Å². The number of carbonyl (C=O) groups is 1. The Morgan fingerprint density at radius 3 is 2.70 bits per heavy atom. The van der Waals surface area contributed by atoms with Gasteiger partial charge >= 0.3 is 0 Å². The second kappa shape index (κ2) is 9.94. The van der Waals surface area contributed by atoms with Crippen LogP contribution in [0, 0.1) is 6.92 Å². The van der Waals surface area contributed by atoms with Crippen LogP contribution in [0.5, 0.6) is 11.6 Å². The lowest BCUT2D eigenvalue weighted by molar-refractivity contribution is -0.134. The number of aromatic nitrogens is 5. The molecule has 5 aromatic rings. The van der Waals surface area contributed by atoms with Crippen molar-refractivity contribution in [1.29, 1.82) is 0 Å². The first-order valence-electron chi connectivity index (χ1n) is 12.8. The highest BCUT2D eigenvalue weighted by Crippen LogP contribution is 2.33. The van der Waals surface area contributed by atoms with E-state index in [1.54, 1.807) is 25.3 Å². The van der Waals surface area contributed by atoms with E-state index in [-0.39, 0.29) is 30.5 Å². The third-order valence-corrected chi connectivity index (χ3v) is 8.90. The number of carbonyl (C=O) groups excluding carboxylic acids is 1. The number of hydrogen-bond acceptors (Lipinski definition) is 8. The van der Waals surface area contributed by atoms with E-state index in [1.807, 2.05) is 60.0 Å². The average Bonchev–Trinajstić information content (AvgIpc) is 3.56. The van der Waals surface area contributed by atoms with E-state index in [2.05, 4.69) is 19.9 Å². The van der Waals surface area contributed by atoms with Crippen molar-refractivity contribution in [3.63, 3.8) is 0 Å². The van der Waals surface area contributed by atoms with Gasteiger partial charge in [-0.25, -0.2) is 23.4 Å². The van der Waals surface area contributed by atoms with Crippen LogP contribution in [0.15, 0.2) is 54.7 Å². The van der Waals surface area contributed by atoms with Crippen LogP contribution in [-0.4, -0.2) is 76.0 Å². The van der Waals surface area contributed by atoms with Gasteiger partial charge in [0, 0.05) is 18.0 Å². The van der Waals surface area contributed by atoms with Crippen LogP contribution >= 0.6 is 0 Å². The lowest BCUT2D eigenvalue weighted by Crippen LogP contribution is -2.47. The van der Waals surface area contributed by atoms with Gasteiger partial charge in [0.2, 0.25) is 11.8 Å². The fourth-order valence-electron chi connectivity index (χ4n) is 5.20. The van der Waals surface area contributed by atoms with Gasteiger partial charge in [-0.15, -0.1) is 0 Å². The highest BCUT2D eigenvalue weighted by atomic mass is 32.2. The number of benzene rings is 2. The fraction of sp³-hybridized carbons (Fsp3) is 0.286. The van der Waals surface area contributed by atoms with E-state index in [0.29, 0.717) is 34.5 Å². The Balaban J connectivity index is 1.34. The van der Waals surface area contributed by atoms with Crippen LogP contribution in [0.1, 0.15) is 17.7 Å². The molecule has 0 saturated carbocycles. The highest BCUT2D eigenvalue weighted by molar-refractivity contribution is 7.91. The molecule has 3 aromatic heterocycles. The van der Waals surface area contributed by atoms with Crippen LogP contribution in [0.25, 0.3) is 33.2 Å². The summed E-state index contributed by atoms with van der Waals surface area (Å²) in [7, 11) is -0.256. The smallest absolute Gasteiger partial charge is 0.243 e. The van der Waals surface area contributed by atoms with E-state index in [4.69, 9.17) is 9.47 Å². The Labute approximate surface area is 230 Å². The number of pyridine rings is 1. The fourth-order valence-corrected chi connectivity index (χ4v) is 6.66. The molecule has 206 valence electrons. The number of H-pyrrole nitrogens is 1. The molecule has 1 N–H and O–H groups in total. The van der Waals surface area contributed by atoms with Gasteiger partial charge in [0.15, 0.2) is 9.84 Å². The predicted molar refractivity (Wildman–Crippen MR) is 150 cm³/mol. The SMILES string of the molecule is COc1ccc2nc(C)n(CC(=O)N3CCS(=O)(=O)CC3c3ncc(-c4cc5ccccc5nc4OC)[nH]3)c2c1. The molecule has 1 aliphatic rings. The van der Waals surface area contributed by atoms with Gasteiger partial charge in [-0.3, -0.25) is 4.79 Å². The zero-order chi connectivity index (χ0) is 28.0. The molecule has 40 heavy (non-hydrogen) atoms. The van der Waals surface area contributed by atoms with Gasteiger partial charge in [0.05, 0.1) is 59.7 Å². The third-order valence-electron chi connectivity index (χ3n) is 7.27. The van der Waals surface area contributed by atoms with Gasteiger partial charge in [0.25, 0.3) is 0 Å². The number of methoxy groups -OCH3 is 2. The molecule has 1 amide bonds. The molecule has 0 radical (unpaired) electrons. The van der Waals surface area contributed by atoms with Gasteiger partial charge in [-0.2, -0.15) is 0 Å². The number of imidazole rings is 2. The number of hydrogen-bond donors (Lipinski definition) is 1. The maximum atomic E-state index is 13.7. The third kappa shape index (κ3) is 4.64. The predicted octanol–water partition coefficient (Wildman–Crippen LogP) is 3.30. The van der Waals surface area contributed by atoms with Crippen LogP contribution in [0.3, 0.4) is 0 Å². The van der Waals surface area contributed by atoms with Crippen molar-refractivity contribution < 1.29 is 22.7 Å². The van der Waals surface area contributed by atoms with E-state index in [0.717, 1.165) is 21.9 Å². The zero-order valence-electron chi connectivity index (χ0n) is 22.3. The first-order valence-corrected chi connectivity index (χ1v) is 14.6. The molecule has 1 unspecified atom stereocenters. The number of nitrogens with one attached hydrogen (secondary N) is 1. The quantitative estimate of drug-likeness (QED) is 0.335. The molecule has 0 bridgehead atoms. The van der Waals surface area contributed by atoms with E-state index < -0.39 is 15.9 Å². The van der Waals surface area contributed by atoms with Crippen molar-refractivity contribution in [2.45, 2.75) is 19.5 Å². The maximum Gasteiger partial charge on any atom is 0.243 e. The second-order valence-corrected chi connectivity index (χ2v) is 12.0. The number of rotatable bonds is 6. The van der Waals surface area contributed by atoms with Crippen molar-refractivity contribution in [3.05, 3.63) is 66.4 Å². The maximum absolute atomic E-state index is 13.7. The monoisotopic (exact) mass is 560 g/mol. The van der Waals surface area contributed by atoms with Crippen LogP contribution in [0.2, 0.25) is 0 Å². The van der Waals surface area contributed by atoms with Crippen molar-refractivity contribution >= 4 is 37.7 Å². The standard InChI is InChI=1S/C28H28N6O5S/c1-17-30-22-9-8-19(38-2)13-24(22)34(17)15-26(35)33-10-11-40(36,37)16-25(33)27-29-14-23(31-27)20-12-18-6-4-5-7-21(18)32-28(20)39-3/h4-9,12-14,25H,10-11,15-16H2,1-3H3,(H,29,31). The molecule has 1 atom stereocenters. The molecular weight excluding hydrogens is 532 g/mol. The number of para-hydroxylation sites is 1. The summed E-state index contributed by atoms with van der Waals surface area (Å²) in [6.07, 6.45) is 1.62. The van der Waals surface area contributed by atoms with Gasteiger partial charge < -0.3 is 23.9 Å². The minimum Gasteiger partial charge on any atom is -0.497 e.